The van der Waals surface area contributed by atoms with Crippen molar-refractivity contribution in [1.82, 2.24) is 5.32 Å². The van der Waals surface area contributed by atoms with E-state index in [1.807, 2.05) is 0 Å². The summed E-state index contributed by atoms with van der Waals surface area (Å²) in [5.74, 6) is -0.364. The van der Waals surface area contributed by atoms with Crippen LogP contribution < -0.4 is 5.32 Å². The number of carbonyl (C=O) groups is 1. The Hall–Kier alpha value is -1.33. The van der Waals surface area contributed by atoms with E-state index in [0.717, 1.165) is 25.3 Å². The van der Waals surface area contributed by atoms with E-state index in [0.29, 0.717) is 0 Å². The molecule has 1 N–H and O–H groups in total. The van der Waals surface area contributed by atoms with Gasteiger partial charge in [0.2, 0.25) is 0 Å². The highest BCUT2D eigenvalue weighted by Crippen LogP contribution is 2.38. The van der Waals surface area contributed by atoms with Crippen molar-refractivity contribution in [2.75, 3.05) is 0 Å². The summed E-state index contributed by atoms with van der Waals surface area (Å²) < 4.78 is 0. The molecule has 1 fully saturated rings. The predicted octanol–water partition coefficient (Wildman–Crippen LogP) is 4.21. The fraction of sp³-hybridized carbons (Fsp3) is 0.500. The molecule has 0 bridgehead atoms. The summed E-state index contributed by atoms with van der Waals surface area (Å²) in [6.45, 7) is 4.20. The molecular weight excluding hydrogens is 315 g/mol. The molecule has 2 rings (SSSR count). The predicted molar refractivity (Wildman–Crippen MR) is 82.0 cm³/mol. The molecule has 0 radical (unpaired) electrons. The first-order valence-electron chi connectivity index (χ1n) is 6.66. The van der Waals surface area contributed by atoms with Gasteiger partial charge in [-0.1, -0.05) is 43.5 Å². The van der Waals surface area contributed by atoms with E-state index in [2.05, 4.69) is 19.2 Å². The molecule has 1 aromatic carbocycles. The second kappa shape index (κ2) is 5.81. The third kappa shape index (κ3) is 3.30. The zero-order valence-corrected chi connectivity index (χ0v) is 13.3. The standard InChI is InChI=1S/C14H16Cl2N2O3/c1-14(2)5-3-4-11(14)17-13(19)8-6-9(15)12(16)10(7-8)18(20)21/h6-7,11H,3-5H2,1-2H3,(H,17,19). The zero-order chi connectivity index (χ0) is 15.8. The Bertz CT molecular complexity index is 602. The van der Waals surface area contributed by atoms with Crippen LogP contribution in [-0.2, 0) is 0 Å². The molecule has 0 aliphatic heterocycles. The van der Waals surface area contributed by atoms with Crippen molar-refractivity contribution in [3.63, 3.8) is 0 Å². The summed E-state index contributed by atoms with van der Waals surface area (Å²) in [5.41, 5.74) is -0.184. The third-order valence-corrected chi connectivity index (χ3v) is 4.82. The number of hydrogen-bond acceptors (Lipinski definition) is 3. The van der Waals surface area contributed by atoms with Crippen molar-refractivity contribution < 1.29 is 9.72 Å². The van der Waals surface area contributed by atoms with Gasteiger partial charge in [-0.05, 0) is 24.3 Å². The van der Waals surface area contributed by atoms with Gasteiger partial charge in [0.15, 0.2) is 0 Å². The topological polar surface area (TPSA) is 72.2 Å². The van der Waals surface area contributed by atoms with Gasteiger partial charge in [0, 0.05) is 17.7 Å². The fourth-order valence-corrected chi connectivity index (χ4v) is 3.07. The highest BCUT2D eigenvalue weighted by Gasteiger charge is 2.35. The molecule has 1 aliphatic carbocycles. The quantitative estimate of drug-likeness (QED) is 0.666. The van der Waals surface area contributed by atoms with Gasteiger partial charge in [-0.2, -0.15) is 0 Å². The average Bonchev–Trinajstić information content (AvgIpc) is 2.71. The number of benzene rings is 1. The molecular formula is C14H16Cl2N2O3. The normalized spacial score (nSPS) is 20.3. The number of nitrogens with one attached hydrogen (secondary N) is 1. The van der Waals surface area contributed by atoms with Crippen molar-refractivity contribution in [3.8, 4) is 0 Å². The minimum Gasteiger partial charge on any atom is -0.349 e. The van der Waals surface area contributed by atoms with E-state index in [1.54, 1.807) is 0 Å². The smallest absolute Gasteiger partial charge is 0.290 e. The number of rotatable bonds is 3. The number of nitro benzene ring substituents is 1. The van der Waals surface area contributed by atoms with E-state index < -0.39 is 4.92 Å². The van der Waals surface area contributed by atoms with Gasteiger partial charge in [-0.25, -0.2) is 0 Å². The molecule has 5 nitrogen and oxygen atoms in total. The number of amides is 1. The highest BCUT2D eigenvalue weighted by molar-refractivity contribution is 6.43. The molecule has 0 heterocycles. The van der Waals surface area contributed by atoms with Gasteiger partial charge < -0.3 is 5.32 Å². The first-order chi connectivity index (χ1) is 9.72. The molecule has 7 heteroatoms. The van der Waals surface area contributed by atoms with Crippen LogP contribution >= 0.6 is 23.2 Å². The number of nitrogens with zero attached hydrogens (tertiary/aromatic N) is 1. The Kier molecular flexibility index (Phi) is 4.44. The molecule has 21 heavy (non-hydrogen) atoms. The molecule has 0 aromatic heterocycles. The maximum absolute atomic E-state index is 12.3. The molecule has 0 saturated heterocycles. The van der Waals surface area contributed by atoms with E-state index in [-0.39, 0.29) is 38.7 Å². The summed E-state index contributed by atoms with van der Waals surface area (Å²) >= 11 is 11.6. The summed E-state index contributed by atoms with van der Waals surface area (Å²) in [6.07, 6.45) is 3.00. The molecule has 1 amide bonds. The lowest BCUT2D eigenvalue weighted by Gasteiger charge is -2.27. The summed E-state index contributed by atoms with van der Waals surface area (Å²) in [4.78, 5) is 22.6. The first-order valence-corrected chi connectivity index (χ1v) is 7.42. The van der Waals surface area contributed by atoms with Crippen LogP contribution in [0.2, 0.25) is 10.0 Å². The van der Waals surface area contributed by atoms with Crippen LogP contribution in [0.15, 0.2) is 12.1 Å². The highest BCUT2D eigenvalue weighted by atomic mass is 35.5. The minimum atomic E-state index is -0.648. The van der Waals surface area contributed by atoms with Gasteiger partial charge in [0.25, 0.3) is 11.6 Å². The van der Waals surface area contributed by atoms with E-state index in [9.17, 15) is 14.9 Å². The molecule has 1 aliphatic rings. The van der Waals surface area contributed by atoms with E-state index >= 15 is 0 Å². The monoisotopic (exact) mass is 330 g/mol. The second-order valence-corrected chi connectivity index (χ2v) is 6.74. The summed E-state index contributed by atoms with van der Waals surface area (Å²) in [7, 11) is 0. The van der Waals surface area contributed by atoms with Crippen LogP contribution in [0.4, 0.5) is 5.69 Å². The van der Waals surface area contributed by atoms with Crippen LogP contribution in [-0.4, -0.2) is 16.9 Å². The van der Waals surface area contributed by atoms with Crippen LogP contribution in [0.1, 0.15) is 43.5 Å². The largest absolute Gasteiger partial charge is 0.349 e. The first kappa shape index (κ1) is 16.0. The fourth-order valence-electron chi connectivity index (χ4n) is 2.67. The van der Waals surface area contributed by atoms with Gasteiger partial charge >= 0.3 is 0 Å². The molecule has 114 valence electrons. The Morgan fingerprint density at radius 3 is 2.62 bits per heavy atom. The lowest BCUT2D eigenvalue weighted by Crippen LogP contribution is -2.41. The Balaban J connectivity index is 2.26. The number of hydrogen-bond donors (Lipinski definition) is 1. The zero-order valence-electron chi connectivity index (χ0n) is 11.8. The SMILES string of the molecule is CC1(C)CCCC1NC(=O)c1cc(Cl)c(Cl)c([N+](=O)[O-])c1. The lowest BCUT2D eigenvalue weighted by molar-refractivity contribution is -0.384. The van der Waals surface area contributed by atoms with Crippen LogP contribution in [0.5, 0.6) is 0 Å². The van der Waals surface area contributed by atoms with Crippen LogP contribution in [0.25, 0.3) is 0 Å². The number of nitro groups is 1. The Labute approximate surface area is 132 Å². The van der Waals surface area contributed by atoms with Crippen molar-refractivity contribution in [2.24, 2.45) is 5.41 Å². The summed E-state index contributed by atoms with van der Waals surface area (Å²) in [6, 6.07) is 2.57. The molecule has 1 atom stereocenters. The van der Waals surface area contributed by atoms with Gasteiger partial charge in [-0.3, -0.25) is 14.9 Å². The molecule has 0 spiro atoms. The van der Waals surface area contributed by atoms with Crippen LogP contribution in [0.3, 0.4) is 0 Å². The van der Waals surface area contributed by atoms with Crippen molar-refractivity contribution in [2.45, 2.75) is 39.2 Å². The van der Waals surface area contributed by atoms with Crippen molar-refractivity contribution in [1.29, 1.82) is 0 Å². The second-order valence-electron chi connectivity index (χ2n) is 5.96. The number of carbonyl (C=O) groups excluding carboxylic acids is 1. The number of halogens is 2. The van der Waals surface area contributed by atoms with E-state index in [4.69, 9.17) is 23.2 Å². The maximum Gasteiger partial charge on any atom is 0.290 e. The Morgan fingerprint density at radius 1 is 1.43 bits per heavy atom. The third-order valence-electron chi connectivity index (χ3n) is 4.03. The Morgan fingerprint density at radius 2 is 2.10 bits per heavy atom. The maximum atomic E-state index is 12.3. The van der Waals surface area contributed by atoms with Crippen molar-refractivity contribution in [3.05, 3.63) is 37.9 Å². The molecule has 1 saturated carbocycles. The van der Waals surface area contributed by atoms with Gasteiger partial charge in [0.1, 0.15) is 5.02 Å². The summed E-state index contributed by atoms with van der Waals surface area (Å²) in [5, 5.41) is 13.7. The average molecular weight is 331 g/mol. The van der Waals surface area contributed by atoms with Gasteiger partial charge in [-0.15, -0.1) is 0 Å². The minimum absolute atomic E-state index is 0.00157. The molecule has 1 unspecified atom stereocenters. The lowest BCUT2D eigenvalue weighted by atomic mass is 9.87. The van der Waals surface area contributed by atoms with E-state index in [1.165, 1.54) is 6.07 Å². The van der Waals surface area contributed by atoms with Crippen molar-refractivity contribution >= 4 is 34.8 Å². The molecule has 1 aromatic rings. The van der Waals surface area contributed by atoms with Crippen LogP contribution in [0, 0.1) is 15.5 Å². The van der Waals surface area contributed by atoms with Gasteiger partial charge in [0.05, 0.1) is 9.95 Å².